The Morgan fingerprint density at radius 3 is 2.41 bits per heavy atom. The van der Waals surface area contributed by atoms with Crippen LogP contribution in [0.2, 0.25) is 0 Å². The lowest BCUT2D eigenvalue weighted by Gasteiger charge is -2.11. The zero-order valence-electron chi connectivity index (χ0n) is 11.9. The molecule has 2 nitrogen and oxygen atoms in total. The second-order valence-corrected chi connectivity index (χ2v) is 5.48. The van der Waals surface area contributed by atoms with Crippen molar-refractivity contribution in [3.63, 3.8) is 0 Å². The molecule has 1 N–H and O–H groups in total. The monoisotopic (exact) mass is 305 g/mol. The lowest BCUT2D eigenvalue weighted by atomic mass is 9.92. The molecule has 1 aliphatic rings. The fraction of sp³-hybridized carbons (Fsp3) is 0.235. The SMILES string of the molecule is Cc1cccc2c1NC(=O)[C@H]2Cc1ccc(C(F)(F)F)cc1. The van der Waals surface area contributed by atoms with Crippen LogP contribution < -0.4 is 5.32 Å². The Labute approximate surface area is 126 Å². The van der Waals surface area contributed by atoms with E-state index in [1.54, 1.807) is 0 Å². The molecule has 0 unspecified atom stereocenters. The molecule has 1 aliphatic heterocycles. The van der Waals surface area contributed by atoms with Crippen molar-refractivity contribution in [2.24, 2.45) is 0 Å². The Bertz CT molecular complexity index is 720. The molecule has 22 heavy (non-hydrogen) atoms. The predicted octanol–water partition coefficient (Wildman–Crippen LogP) is 4.29. The van der Waals surface area contributed by atoms with Gasteiger partial charge in [0.25, 0.3) is 0 Å². The summed E-state index contributed by atoms with van der Waals surface area (Å²) in [4.78, 5) is 12.1. The van der Waals surface area contributed by atoms with Gasteiger partial charge in [0.2, 0.25) is 5.91 Å². The average molecular weight is 305 g/mol. The number of para-hydroxylation sites is 1. The first-order valence-corrected chi connectivity index (χ1v) is 6.93. The maximum absolute atomic E-state index is 12.6. The number of carbonyl (C=O) groups is 1. The van der Waals surface area contributed by atoms with Crippen LogP contribution in [0, 0.1) is 6.92 Å². The topological polar surface area (TPSA) is 29.1 Å². The highest BCUT2D eigenvalue weighted by atomic mass is 19.4. The molecule has 2 aromatic rings. The molecule has 1 amide bonds. The molecule has 0 spiro atoms. The van der Waals surface area contributed by atoms with Crippen molar-refractivity contribution in [3.8, 4) is 0 Å². The Morgan fingerprint density at radius 2 is 1.77 bits per heavy atom. The number of benzene rings is 2. The van der Waals surface area contributed by atoms with E-state index in [4.69, 9.17) is 0 Å². The highest BCUT2D eigenvalue weighted by Crippen LogP contribution is 2.37. The molecule has 0 saturated carbocycles. The standard InChI is InChI=1S/C17H14F3NO/c1-10-3-2-4-13-14(16(22)21-15(10)13)9-11-5-7-12(8-6-11)17(18,19)20/h2-8,14H,9H2,1H3,(H,21,22)/t14-/m0/s1. The number of rotatable bonds is 2. The molecular formula is C17H14F3NO. The van der Waals surface area contributed by atoms with E-state index in [9.17, 15) is 18.0 Å². The van der Waals surface area contributed by atoms with E-state index in [1.807, 2.05) is 25.1 Å². The smallest absolute Gasteiger partial charge is 0.325 e. The van der Waals surface area contributed by atoms with Crippen LogP contribution in [0.4, 0.5) is 18.9 Å². The van der Waals surface area contributed by atoms with E-state index in [2.05, 4.69) is 5.32 Å². The molecule has 0 aliphatic carbocycles. The first-order valence-electron chi connectivity index (χ1n) is 6.93. The minimum Gasteiger partial charge on any atom is -0.325 e. The van der Waals surface area contributed by atoms with Gasteiger partial charge in [0, 0.05) is 5.69 Å². The van der Waals surface area contributed by atoms with Crippen molar-refractivity contribution in [1.82, 2.24) is 0 Å². The summed E-state index contributed by atoms with van der Waals surface area (Å²) >= 11 is 0. The maximum atomic E-state index is 12.6. The number of hydrogen-bond acceptors (Lipinski definition) is 1. The summed E-state index contributed by atoms with van der Waals surface area (Å²) in [7, 11) is 0. The number of carbonyl (C=O) groups excluding carboxylic acids is 1. The van der Waals surface area contributed by atoms with Crippen molar-refractivity contribution in [2.75, 3.05) is 5.32 Å². The lowest BCUT2D eigenvalue weighted by Crippen LogP contribution is -2.14. The van der Waals surface area contributed by atoms with Gasteiger partial charge in [-0.1, -0.05) is 30.3 Å². The number of fused-ring (bicyclic) bond motifs is 1. The van der Waals surface area contributed by atoms with Gasteiger partial charge in [-0.05, 0) is 42.2 Å². The van der Waals surface area contributed by atoms with E-state index < -0.39 is 11.7 Å². The first-order chi connectivity index (χ1) is 10.4. The van der Waals surface area contributed by atoms with Crippen molar-refractivity contribution in [2.45, 2.75) is 25.4 Å². The summed E-state index contributed by atoms with van der Waals surface area (Å²) in [5.74, 6) is -0.462. The summed E-state index contributed by atoms with van der Waals surface area (Å²) < 4.78 is 37.7. The van der Waals surface area contributed by atoms with Crippen molar-refractivity contribution >= 4 is 11.6 Å². The number of nitrogens with one attached hydrogen (secondary N) is 1. The van der Waals surface area contributed by atoms with Crippen LogP contribution in [0.1, 0.15) is 28.2 Å². The van der Waals surface area contributed by atoms with Crippen LogP contribution in [-0.4, -0.2) is 5.91 Å². The second-order valence-electron chi connectivity index (χ2n) is 5.48. The Kier molecular flexibility index (Phi) is 3.43. The third-order valence-electron chi connectivity index (χ3n) is 3.97. The van der Waals surface area contributed by atoms with Gasteiger partial charge in [-0.3, -0.25) is 4.79 Å². The van der Waals surface area contributed by atoms with E-state index in [-0.39, 0.29) is 11.8 Å². The lowest BCUT2D eigenvalue weighted by molar-refractivity contribution is -0.137. The highest BCUT2D eigenvalue weighted by molar-refractivity contribution is 6.03. The van der Waals surface area contributed by atoms with E-state index in [0.29, 0.717) is 12.0 Å². The molecule has 0 saturated heterocycles. The molecule has 0 bridgehead atoms. The molecular weight excluding hydrogens is 291 g/mol. The number of halogens is 3. The van der Waals surface area contributed by atoms with E-state index >= 15 is 0 Å². The van der Waals surface area contributed by atoms with Gasteiger partial charge in [0.15, 0.2) is 0 Å². The zero-order valence-corrected chi connectivity index (χ0v) is 11.9. The average Bonchev–Trinajstić information content (AvgIpc) is 2.77. The van der Waals surface area contributed by atoms with Gasteiger partial charge in [-0.25, -0.2) is 0 Å². The van der Waals surface area contributed by atoms with Gasteiger partial charge >= 0.3 is 6.18 Å². The fourth-order valence-electron chi connectivity index (χ4n) is 2.77. The fourth-order valence-corrected chi connectivity index (χ4v) is 2.77. The van der Waals surface area contributed by atoms with Gasteiger partial charge < -0.3 is 5.32 Å². The van der Waals surface area contributed by atoms with Crippen LogP contribution in [0.15, 0.2) is 42.5 Å². The minimum atomic E-state index is -4.34. The Morgan fingerprint density at radius 1 is 1.09 bits per heavy atom. The number of hydrogen-bond donors (Lipinski definition) is 1. The second kappa shape index (κ2) is 5.16. The van der Waals surface area contributed by atoms with Crippen LogP contribution in [0.25, 0.3) is 0 Å². The number of anilines is 1. The first kappa shape index (κ1) is 14.6. The summed E-state index contributed by atoms with van der Waals surface area (Å²) in [6.07, 6.45) is -3.95. The third-order valence-corrected chi connectivity index (χ3v) is 3.97. The molecule has 5 heteroatoms. The Balaban J connectivity index is 1.85. The van der Waals surface area contributed by atoms with Crippen LogP contribution in [0.5, 0.6) is 0 Å². The minimum absolute atomic E-state index is 0.107. The summed E-state index contributed by atoms with van der Waals surface area (Å²) in [6, 6.07) is 10.7. The zero-order chi connectivity index (χ0) is 15.9. The Hall–Kier alpha value is -2.30. The van der Waals surface area contributed by atoms with Gasteiger partial charge in [0.05, 0.1) is 11.5 Å². The molecule has 1 atom stereocenters. The quantitative estimate of drug-likeness (QED) is 0.881. The molecule has 0 radical (unpaired) electrons. The molecule has 0 fully saturated rings. The maximum Gasteiger partial charge on any atom is 0.416 e. The number of alkyl halides is 3. The van der Waals surface area contributed by atoms with Crippen molar-refractivity contribution in [1.29, 1.82) is 0 Å². The van der Waals surface area contributed by atoms with E-state index in [1.165, 1.54) is 12.1 Å². The summed E-state index contributed by atoms with van der Waals surface area (Å²) in [5.41, 5.74) is 2.75. The molecule has 114 valence electrons. The van der Waals surface area contributed by atoms with Gasteiger partial charge in [-0.15, -0.1) is 0 Å². The van der Waals surface area contributed by atoms with Crippen molar-refractivity contribution < 1.29 is 18.0 Å². The molecule has 2 aromatic carbocycles. The summed E-state index contributed by atoms with van der Waals surface area (Å²) in [6.45, 7) is 1.92. The molecule has 1 heterocycles. The van der Waals surface area contributed by atoms with Gasteiger partial charge in [-0.2, -0.15) is 13.2 Å². The van der Waals surface area contributed by atoms with Gasteiger partial charge in [0.1, 0.15) is 0 Å². The predicted molar refractivity (Wildman–Crippen MR) is 77.7 cm³/mol. The highest BCUT2D eigenvalue weighted by Gasteiger charge is 2.32. The number of aryl methyl sites for hydroxylation is 1. The van der Waals surface area contributed by atoms with Crippen LogP contribution >= 0.6 is 0 Å². The van der Waals surface area contributed by atoms with Crippen LogP contribution in [-0.2, 0) is 17.4 Å². The number of amides is 1. The third kappa shape index (κ3) is 2.58. The van der Waals surface area contributed by atoms with Crippen molar-refractivity contribution in [3.05, 3.63) is 64.7 Å². The summed E-state index contributed by atoms with van der Waals surface area (Å²) in [5, 5.41) is 2.85. The molecule has 0 aromatic heterocycles. The largest absolute Gasteiger partial charge is 0.416 e. The van der Waals surface area contributed by atoms with Crippen LogP contribution in [0.3, 0.4) is 0 Å². The van der Waals surface area contributed by atoms with E-state index in [0.717, 1.165) is 28.9 Å². The normalized spacial score (nSPS) is 17.3. The molecule has 3 rings (SSSR count).